The third kappa shape index (κ3) is 6.36. The molecule has 0 fully saturated rings. The van der Waals surface area contributed by atoms with Gasteiger partial charge in [-0.3, -0.25) is 4.79 Å². The Morgan fingerprint density at radius 2 is 1.93 bits per heavy atom. The van der Waals surface area contributed by atoms with Gasteiger partial charge in [-0.25, -0.2) is 4.39 Å². The molecule has 146 valence electrons. The first-order valence-corrected chi connectivity index (χ1v) is 10.3. The average Bonchev–Trinajstić information content (AvgIpc) is 2.60. The van der Waals surface area contributed by atoms with E-state index in [1.54, 1.807) is 18.2 Å². The van der Waals surface area contributed by atoms with Crippen molar-refractivity contribution in [2.75, 3.05) is 11.9 Å². The number of anilines is 1. The second-order valence-electron chi connectivity index (χ2n) is 5.92. The number of carboxylic acid groups (broad SMARTS) is 1. The fourth-order valence-electron chi connectivity index (χ4n) is 2.43. The molecule has 0 atom stereocenters. The van der Waals surface area contributed by atoms with Crippen LogP contribution in [0.25, 0.3) is 0 Å². The molecule has 2 rings (SSSR count). The van der Waals surface area contributed by atoms with Crippen molar-refractivity contribution in [3.05, 3.63) is 55.2 Å². The monoisotopic (exact) mass is 521 g/mol. The molecule has 0 bridgehead atoms. The first kappa shape index (κ1) is 22.0. The van der Waals surface area contributed by atoms with E-state index in [1.807, 2.05) is 6.92 Å². The maximum absolute atomic E-state index is 14.6. The summed E-state index contributed by atoms with van der Waals surface area (Å²) in [6, 6.07) is 6.69. The fraction of sp³-hybridized carbons (Fsp3) is 0.316. The predicted molar refractivity (Wildman–Crippen MR) is 112 cm³/mol. The number of halogens is 4. The molecule has 2 aromatic rings. The van der Waals surface area contributed by atoms with Gasteiger partial charge in [0.25, 0.3) is 0 Å². The lowest BCUT2D eigenvalue weighted by atomic mass is 10.1. The lowest BCUT2D eigenvalue weighted by molar-refractivity contribution is -0.136. The molecule has 4 nitrogen and oxygen atoms in total. The molecule has 2 aromatic carbocycles. The van der Waals surface area contributed by atoms with Crippen molar-refractivity contribution in [3.63, 3.8) is 0 Å². The molecule has 0 saturated heterocycles. The standard InChI is InChI=1S/C19H19Br2ClFNO3/c1-2-5-24-16-9-13(22)8-12(18(16)23)10-27-19-14(20)6-11(7-15(19)21)3-4-17(25)26/h6-9,24H,2-5,10H2,1H3,(H,25,26). The Hall–Kier alpha value is -1.31. The van der Waals surface area contributed by atoms with E-state index in [9.17, 15) is 9.18 Å². The minimum atomic E-state index is -0.855. The maximum atomic E-state index is 14.6. The molecular weight excluding hydrogens is 504 g/mol. The Kier molecular flexibility index (Phi) is 8.38. The number of rotatable bonds is 9. The minimum absolute atomic E-state index is 0.00112. The predicted octanol–water partition coefficient (Wildman–Crippen LogP) is 6.42. The van der Waals surface area contributed by atoms with Gasteiger partial charge in [-0.05, 0) is 74.5 Å². The highest BCUT2D eigenvalue weighted by molar-refractivity contribution is 9.11. The van der Waals surface area contributed by atoms with Gasteiger partial charge in [0.15, 0.2) is 5.82 Å². The topological polar surface area (TPSA) is 58.6 Å². The van der Waals surface area contributed by atoms with Gasteiger partial charge in [-0.2, -0.15) is 0 Å². The van der Waals surface area contributed by atoms with Crippen molar-refractivity contribution in [2.24, 2.45) is 0 Å². The summed E-state index contributed by atoms with van der Waals surface area (Å²) in [4.78, 5) is 10.7. The smallest absolute Gasteiger partial charge is 0.303 e. The van der Waals surface area contributed by atoms with Crippen LogP contribution >= 0.6 is 43.5 Å². The van der Waals surface area contributed by atoms with E-state index < -0.39 is 11.8 Å². The van der Waals surface area contributed by atoms with Crippen molar-refractivity contribution >= 4 is 55.1 Å². The van der Waals surface area contributed by atoms with E-state index in [0.29, 0.717) is 43.9 Å². The molecule has 0 radical (unpaired) electrons. The summed E-state index contributed by atoms with van der Waals surface area (Å²) in [6.07, 6.45) is 1.31. The first-order valence-electron chi connectivity index (χ1n) is 8.36. The van der Waals surface area contributed by atoms with Crippen molar-refractivity contribution < 1.29 is 19.0 Å². The maximum Gasteiger partial charge on any atom is 0.303 e. The summed E-state index contributed by atoms with van der Waals surface area (Å²) in [6.45, 7) is 2.64. The van der Waals surface area contributed by atoms with Crippen LogP contribution in [0.15, 0.2) is 33.2 Å². The Morgan fingerprint density at radius 1 is 1.26 bits per heavy atom. The van der Waals surface area contributed by atoms with Gasteiger partial charge in [0.2, 0.25) is 0 Å². The van der Waals surface area contributed by atoms with Gasteiger partial charge >= 0.3 is 5.97 Å². The molecule has 0 heterocycles. The van der Waals surface area contributed by atoms with E-state index in [4.69, 9.17) is 21.4 Å². The molecule has 2 N–H and O–H groups in total. The Bertz CT molecular complexity index is 810. The van der Waals surface area contributed by atoms with Crippen molar-refractivity contribution in [2.45, 2.75) is 32.8 Å². The van der Waals surface area contributed by atoms with Gasteiger partial charge in [-0.1, -0.05) is 18.5 Å². The molecular formula is C19H19Br2ClFNO3. The fourth-order valence-corrected chi connectivity index (χ4v) is 4.19. The number of aryl methyl sites for hydroxylation is 1. The van der Waals surface area contributed by atoms with Crippen LogP contribution in [0.4, 0.5) is 10.1 Å². The summed E-state index contributed by atoms with van der Waals surface area (Å²) in [5, 5.41) is 12.2. The minimum Gasteiger partial charge on any atom is -0.486 e. The van der Waals surface area contributed by atoms with E-state index in [1.165, 1.54) is 6.07 Å². The molecule has 0 amide bonds. The highest BCUT2D eigenvalue weighted by atomic mass is 79.9. The highest BCUT2D eigenvalue weighted by Gasteiger charge is 2.14. The van der Waals surface area contributed by atoms with Gasteiger partial charge in [0, 0.05) is 23.6 Å². The first-order chi connectivity index (χ1) is 12.8. The van der Waals surface area contributed by atoms with E-state index in [-0.39, 0.29) is 13.0 Å². The van der Waals surface area contributed by atoms with Gasteiger partial charge in [0.1, 0.15) is 12.4 Å². The Labute approximate surface area is 179 Å². The van der Waals surface area contributed by atoms with Crippen LogP contribution in [0.3, 0.4) is 0 Å². The van der Waals surface area contributed by atoms with Crippen LogP contribution in [0.5, 0.6) is 5.75 Å². The zero-order chi connectivity index (χ0) is 20.0. The highest BCUT2D eigenvalue weighted by Crippen LogP contribution is 2.36. The SMILES string of the molecule is CCCNc1cc(Cl)cc(COc2c(Br)cc(CCC(=O)O)cc2Br)c1F. The number of hydrogen-bond donors (Lipinski definition) is 2. The lowest BCUT2D eigenvalue weighted by Gasteiger charge is -2.15. The number of carbonyl (C=O) groups is 1. The van der Waals surface area contributed by atoms with Crippen LogP contribution < -0.4 is 10.1 Å². The molecule has 0 aromatic heterocycles. The van der Waals surface area contributed by atoms with E-state index >= 15 is 0 Å². The summed E-state index contributed by atoms with van der Waals surface area (Å²) >= 11 is 12.9. The van der Waals surface area contributed by atoms with Gasteiger partial charge in [0.05, 0.1) is 14.6 Å². The van der Waals surface area contributed by atoms with E-state index in [2.05, 4.69) is 37.2 Å². The number of aliphatic carboxylic acids is 1. The number of ether oxygens (including phenoxy) is 1. The number of hydrogen-bond acceptors (Lipinski definition) is 3. The van der Waals surface area contributed by atoms with Gasteiger partial charge in [-0.15, -0.1) is 0 Å². The third-order valence-corrected chi connectivity index (χ3v) is 5.13. The number of carboxylic acids is 1. The van der Waals surface area contributed by atoms with Crippen LogP contribution in [0, 0.1) is 5.82 Å². The summed E-state index contributed by atoms with van der Waals surface area (Å²) in [5.41, 5.74) is 1.54. The van der Waals surface area contributed by atoms with E-state index in [0.717, 1.165) is 12.0 Å². The molecule has 0 saturated carbocycles. The third-order valence-electron chi connectivity index (χ3n) is 3.74. The molecule has 0 aliphatic rings. The molecule has 0 aliphatic heterocycles. The van der Waals surface area contributed by atoms with Crippen LogP contribution in [0.2, 0.25) is 5.02 Å². The normalized spacial score (nSPS) is 10.7. The summed E-state index contributed by atoms with van der Waals surface area (Å²) in [7, 11) is 0. The van der Waals surface area contributed by atoms with Crippen molar-refractivity contribution in [1.82, 2.24) is 0 Å². The Balaban J connectivity index is 2.16. The van der Waals surface area contributed by atoms with Crippen LogP contribution in [-0.2, 0) is 17.8 Å². The second-order valence-corrected chi connectivity index (χ2v) is 8.07. The second kappa shape index (κ2) is 10.3. The van der Waals surface area contributed by atoms with Crippen LogP contribution in [0.1, 0.15) is 30.9 Å². The quantitative estimate of drug-likeness (QED) is 0.398. The molecule has 0 unspecified atom stereocenters. The number of nitrogens with one attached hydrogen (secondary N) is 1. The molecule has 8 heteroatoms. The van der Waals surface area contributed by atoms with Crippen LogP contribution in [-0.4, -0.2) is 17.6 Å². The zero-order valence-corrected chi connectivity index (χ0v) is 18.5. The molecule has 0 spiro atoms. The molecule has 0 aliphatic carbocycles. The van der Waals surface area contributed by atoms with Crippen molar-refractivity contribution in [1.29, 1.82) is 0 Å². The number of benzene rings is 2. The largest absolute Gasteiger partial charge is 0.486 e. The van der Waals surface area contributed by atoms with Gasteiger partial charge < -0.3 is 15.2 Å². The molecule has 27 heavy (non-hydrogen) atoms. The Morgan fingerprint density at radius 3 is 2.52 bits per heavy atom. The zero-order valence-electron chi connectivity index (χ0n) is 14.6. The summed E-state index contributed by atoms with van der Waals surface area (Å²) < 4.78 is 21.7. The average molecular weight is 524 g/mol. The lowest BCUT2D eigenvalue weighted by Crippen LogP contribution is -2.06. The summed E-state index contributed by atoms with van der Waals surface area (Å²) in [5.74, 6) is -0.735. The van der Waals surface area contributed by atoms with Crippen molar-refractivity contribution in [3.8, 4) is 5.75 Å².